The van der Waals surface area contributed by atoms with Gasteiger partial charge < -0.3 is 9.47 Å². The Balaban J connectivity index is 1.57. The van der Waals surface area contributed by atoms with E-state index in [4.69, 9.17) is 9.47 Å². The van der Waals surface area contributed by atoms with E-state index in [0.717, 1.165) is 11.1 Å². The maximum Gasteiger partial charge on any atom is 0.338 e. The predicted octanol–water partition coefficient (Wildman–Crippen LogP) is 5.65. The van der Waals surface area contributed by atoms with E-state index in [1.165, 1.54) is 14.0 Å². The molecule has 3 aromatic carbocycles. The van der Waals surface area contributed by atoms with E-state index in [9.17, 15) is 22.8 Å². The molecule has 1 saturated heterocycles. The summed E-state index contributed by atoms with van der Waals surface area (Å²) in [5, 5.41) is 0. The number of nitrogens with zero attached hydrogens (tertiary/aromatic N) is 2. The molecule has 2 aliphatic rings. The molecule has 0 N–H and O–H groups in total. The van der Waals surface area contributed by atoms with Gasteiger partial charge in [0.1, 0.15) is 0 Å². The number of hydrogen-bond donors (Lipinski definition) is 0. The molecule has 0 aromatic heterocycles. The summed E-state index contributed by atoms with van der Waals surface area (Å²) in [6.07, 6.45) is -1.06. The van der Waals surface area contributed by atoms with Gasteiger partial charge >= 0.3 is 5.97 Å². The first-order valence-electron chi connectivity index (χ1n) is 13.5. The Hall–Kier alpha value is -4.22. The van der Waals surface area contributed by atoms with Gasteiger partial charge in [-0.15, -0.1) is 0 Å². The van der Waals surface area contributed by atoms with Crippen LogP contribution in [0.3, 0.4) is 0 Å². The van der Waals surface area contributed by atoms with Gasteiger partial charge in [0.05, 0.1) is 18.0 Å². The molecule has 3 atom stereocenters. The van der Waals surface area contributed by atoms with E-state index in [-0.39, 0.29) is 30.9 Å². The van der Waals surface area contributed by atoms with Gasteiger partial charge in [-0.05, 0) is 18.1 Å². The van der Waals surface area contributed by atoms with Crippen LogP contribution >= 0.6 is 0 Å². The third-order valence-electron chi connectivity index (χ3n) is 7.59. The average Bonchev–Trinajstić information content (AvgIpc) is 2.99. The molecule has 1 fully saturated rings. The number of methoxy groups -OCH3 is 1. The summed E-state index contributed by atoms with van der Waals surface area (Å²) >= 11 is 0. The molecule has 6 nitrogen and oxygen atoms in total. The molecule has 0 aliphatic carbocycles. The predicted molar refractivity (Wildman–Crippen MR) is 146 cm³/mol. The summed E-state index contributed by atoms with van der Waals surface area (Å²) in [5.41, 5.74) is -0.0769. The molecule has 0 amide bonds. The van der Waals surface area contributed by atoms with Crippen molar-refractivity contribution in [1.82, 2.24) is 4.90 Å². The van der Waals surface area contributed by atoms with E-state index in [2.05, 4.69) is 4.99 Å². The Bertz CT molecular complexity index is 1580. The van der Waals surface area contributed by atoms with Crippen molar-refractivity contribution in [1.29, 1.82) is 0 Å². The topological polar surface area (TPSA) is 68.2 Å². The molecule has 11 heteroatoms. The lowest BCUT2D eigenvalue weighted by Gasteiger charge is -2.39. The number of benzene rings is 3. The minimum absolute atomic E-state index is 0.0611. The number of Topliss-reactive ketones (excluding diaryl/α,β-unsaturated/α-hetero) is 1. The number of piperidine rings is 1. The SMILES string of the molecule is CO[C@H](Cc1ccccc1)OC(=O)C1=C(C)N=C2CN(Cc3ccccc3)CC(=O)C2[C@@H]1c1c(F)c(F)c(F)c(F)c1F. The fraction of sp³-hybridized carbons (Fsp3) is 0.281. The van der Waals surface area contributed by atoms with Gasteiger partial charge in [-0.1, -0.05) is 60.7 Å². The van der Waals surface area contributed by atoms with Gasteiger partial charge in [0.15, 0.2) is 29.1 Å². The molecular weight excluding hydrogens is 571 g/mol. The summed E-state index contributed by atoms with van der Waals surface area (Å²) in [6, 6.07) is 18.1. The lowest BCUT2D eigenvalue weighted by Crippen LogP contribution is -2.51. The molecule has 0 spiro atoms. The van der Waals surface area contributed by atoms with Crippen molar-refractivity contribution >= 4 is 17.5 Å². The minimum atomic E-state index is -2.35. The van der Waals surface area contributed by atoms with E-state index in [1.807, 2.05) is 30.3 Å². The molecular formula is C32H27F5N2O4. The number of allylic oxidation sites excluding steroid dienone is 1. The summed E-state index contributed by atoms with van der Waals surface area (Å²) < 4.78 is 84.5. The zero-order chi connectivity index (χ0) is 30.8. The van der Waals surface area contributed by atoms with Crippen LogP contribution in [0.5, 0.6) is 0 Å². The van der Waals surface area contributed by atoms with E-state index < -0.39 is 70.1 Å². The highest BCUT2D eigenvalue weighted by atomic mass is 19.2. The number of halogens is 5. The largest absolute Gasteiger partial charge is 0.432 e. The molecule has 0 saturated carbocycles. The number of fused-ring (bicyclic) bond motifs is 1. The van der Waals surface area contributed by atoms with Gasteiger partial charge in [-0.2, -0.15) is 0 Å². The highest BCUT2D eigenvalue weighted by molar-refractivity contribution is 6.13. The molecule has 2 heterocycles. The first-order chi connectivity index (χ1) is 20.6. The molecule has 2 aliphatic heterocycles. The smallest absolute Gasteiger partial charge is 0.338 e. The normalized spacial score (nSPS) is 19.6. The number of carbonyl (C=O) groups excluding carboxylic acids is 2. The zero-order valence-electron chi connectivity index (χ0n) is 23.3. The molecule has 43 heavy (non-hydrogen) atoms. The molecule has 224 valence electrons. The molecule has 0 bridgehead atoms. The average molecular weight is 599 g/mol. The van der Waals surface area contributed by atoms with E-state index in [1.54, 1.807) is 35.2 Å². The van der Waals surface area contributed by atoms with Crippen molar-refractivity contribution in [3.8, 4) is 0 Å². The highest BCUT2D eigenvalue weighted by Gasteiger charge is 2.49. The lowest BCUT2D eigenvalue weighted by atomic mass is 9.71. The first-order valence-corrected chi connectivity index (χ1v) is 13.5. The van der Waals surface area contributed by atoms with Crippen molar-refractivity contribution in [3.05, 3.63) is 118 Å². The third kappa shape index (κ3) is 6.00. The monoisotopic (exact) mass is 598 g/mol. The number of esters is 1. The minimum Gasteiger partial charge on any atom is -0.432 e. The standard InChI is InChI=1S/C32H27F5N2O4/c1-17-23(32(41)43-22(42-2)13-18-9-5-3-6-10-18)25(26-27(33)29(35)31(37)30(36)28(26)34)24-20(38-17)15-39(16-21(24)40)14-19-11-7-4-8-12-19/h3-12,22,24-25H,13-16H2,1-2H3/t22-,24?,25+/m0/s1. The second kappa shape index (κ2) is 12.6. The van der Waals surface area contributed by atoms with Crippen molar-refractivity contribution in [2.75, 3.05) is 20.2 Å². The summed E-state index contributed by atoms with van der Waals surface area (Å²) in [4.78, 5) is 33.5. The van der Waals surface area contributed by atoms with Gasteiger partial charge in [-0.3, -0.25) is 14.7 Å². The number of likely N-dealkylation sites (tertiary alicyclic amines) is 1. The highest BCUT2D eigenvalue weighted by Crippen LogP contribution is 2.44. The van der Waals surface area contributed by atoms with Crippen LogP contribution in [0.1, 0.15) is 29.5 Å². The van der Waals surface area contributed by atoms with Crippen LogP contribution < -0.4 is 0 Å². The van der Waals surface area contributed by atoms with Crippen molar-refractivity contribution < 1.29 is 41.0 Å². The first kappa shape index (κ1) is 30.2. The van der Waals surface area contributed by atoms with Crippen LogP contribution in [0, 0.1) is 35.0 Å². The van der Waals surface area contributed by atoms with Crippen molar-refractivity contribution in [3.63, 3.8) is 0 Å². The number of hydrogen-bond acceptors (Lipinski definition) is 6. The zero-order valence-corrected chi connectivity index (χ0v) is 23.3. The summed E-state index contributed by atoms with van der Waals surface area (Å²) in [6.45, 7) is 1.56. The number of carbonyl (C=O) groups is 2. The Morgan fingerprint density at radius 3 is 2.00 bits per heavy atom. The summed E-state index contributed by atoms with van der Waals surface area (Å²) in [7, 11) is 1.28. The number of ether oxygens (including phenoxy) is 2. The Kier molecular flexibility index (Phi) is 8.84. The Morgan fingerprint density at radius 2 is 1.42 bits per heavy atom. The fourth-order valence-corrected chi connectivity index (χ4v) is 5.63. The number of rotatable bonds is 8. The fourth-order valence-electron chi connectivity index (χ4n) is 5.63. The second-order valence-corrected chi connectivity index (χ2v) is 10.4. The maximum absolute atomic E-state index is 15.3. The Labute approximate surface area is 244 Å². The number of aliphatic imine (C=N–C) groups is 1. The van der Waals surface area contributed by atoms with Gasteiger partial charge in [0.2, 0.25) is 12.1 Å². The third-order valence-corrected chi connectivity index (χ3v) is 7.59. The lowest BCUT2D eigenvalue weighted by molar-refractivity contribution is -0.168. The Morgan fingerprint density at radius 1 is 0.860 bits per heavy atom. The van der Waals surface area contributed by atoms with E-state index in [0.29, 0.717) is 6.54 Å². The van der Waals surface area contributed by atoms with Crippen LogP contribution in [-0.2, 0) is 32.0 Å². The van der Waals surface area contributed by atoms with Gasteiger partial charge in [-0.25, -0.2) is 26.7 Å². The van der Waals surface area contributed by atoms with Crippen molar-refractivity contribution in [2.45, 2.75) is 32.1 Å². The molecule has 5 rings (SSSR count). The van der Waals surface area contributed by atoms with Crippen LogP contribution in [0.15, 0.2) is 76.9 Å². The van der Waals surface area contributed by atoms with Crippen LogP contribution in [0.2, 0.25) is 0 Å². The number of ketones is 1. The van der Waals surface area contributed by atoms with Crippen molar-refractivity contribution in [2.24, 2.45) is 10.9 Å². The molecule has 0 radical (unpaired) electrons. The summed E-state index contributed by atoms with van der Waals surface area (Å²) in [5.74, 6) is -16.1. The quantitative estimate of drug-likeness (QED) is 0.110. The van der Waals surface area contributed by atoms with Gasteiger partial charge in [0, 0.05) is 49.5 Å². The van der Waals surface area contributed by atoms with E-state index >= 15 is 8.78 Å². The molecule has 1 unspecified atom stereocenters. The van der Waals surface area contributed by atoms with Gasteiger partial charge in [0.25, 0.3) is 0 Å². The molecule has 3 aromatic rings. The van der Waals surface area contributed by atoms with Crippen LogP contribution in [0.25, 0.3) is 0 Å². The van der Waals surface area contributed by atoms with Crippen LogP contribution in [-0.4, -0.2) is 48.9 Å². The maximum atomic E-state index is 15.3. The second-order valence-electron chi connectivity index (χ2n) is 10.4. The van der Waals surface area contributed by atoms with Crippen LogP contribution in [0.4, 0.5) is 22.0 Å².